The van der Waals surface area contributed by atoms with E-state index in [0.717, 1.165) is 6.42 Å². The lowest BCUT2D eigenvalue weighted by Crippen LogP contribution is -2.58. The standard InChI is InChI=1S/C10H18F4N2/c1-3-8-5-16(7(2)4-15-8)6-10(13,14)9(11)12/h7-9,15H,3-6H2,1-2H3. The molecule has 1 fully saturated rings. The Balaban J connectivity index is 2.57. The zero-order chi connectivity index (χ0) is 12.3. The van der Waals surface area contributed by atoms with E-state index >= 15 is 0 Å². The fraction of sp³-hybridized carbons (Fsp3) is 1.00. The van der Waals surface area contributed by atoms with Gasteiger partial charge in [0, 0.05) is 25.2 Å². The average molecular weight is 242 g/mol. The lowest BCUT2D eigenvalue weighted by molar-refractivity contribution is -0.148. The molecule has 0 radical (unpaired) electrons. The highest BCUT2D eigenvalue weighted by Crippen LogP contribution is 2.25. The number of nitrogens with zero attached hydrogens (tertiary/aromatic N) is 1. The molecule has 1 aliphatic rings. The molecule has 2 atom stereocenters. The molecule has 0 aromatic carbocycles. The third-order valence-electron chi connectivity index (χ3n) is 3.01. The van der Waals surface area contributed by atoms with E-state index in [0.29, 0.717) is 13.1 Å². The summed E-state index contributed by atoms with van der Waals surface area (Å²) in [6, 6.07) is -0.0166. The van der Waals surface area contributed by atoms with Crippen LogP contribution >= 0.6 is 0 Å². The Bertz CT molecular complexity index is 223. The molecule has 6 heteroatoms. The van der Waals surface area contributed by atoms with Crippen molar-refractivity contribution in [2.45, 2.75) is 44.7 Å². The topological polar surface area (TPSA) is 15.3 Å². The van der Waals surface area contributed by atoms with Crippen LogP contribution in [0.2, 0.25) is 0 Å². The molecule has 0 aromatic rings. The Hall–Kier alpha value is -0.360. The van der Waals surface area contributed by atoms with Crippen LogP contribution < -0.4 is 5.32 Å². The Morgan fingerprint density at radius 3 is 2.56 bits per heavy atom. The molecular formula is C10H18F4N2. The summed E-state index contributed by atoms with van der Waals surface area (Å²) in [6.45, 7) is 3.82. The molecule has 1 N–H and O–H groups in total. The second-order valence-corrected chi connectivity index (χ2v) is 4.35. The molecule has 0 amide bonds. The summed E-state index contributed by atoms with van der Waals surface area (Å²) in [4.78, 5) is 1.44. The minimum atomic E-state index is -3.91. The van der Waals surface area contributed by atoms with Gasteiger partial charge in [-0.25, -0.2) is 8.78 Å². The van der Waals surface area contributed by atoms with Crippen LogP contribution in [0.5, 0.6) is 0 Å². The summed E-state index contributed by atoms with van der Waals surface area (Å²) >= 11 is 0. The van der Waals surface area contributed by atoms with Gasteiger partial charge in [-0.1, -0.05) is 6.92 Å². The predicted molar refractivity (Wildman–Crippen MR) is 54.1 cm³/mol. The highest BCUT2D eigenvalue weighted by Gasteiger charge is 2.43. The number of nitrogens with one attached hydrogen (secondary N) is 1. The second kappa shape index (κ2) is 5.31. The number of hydrogen-bond donors (Lipinski definition) is 1. The largest absolute Gasteiger partial charge is 0.319 e. The molecule has 2 nitrogen and oxygen atoms in total. The highest BCUT2D eigenvalue weighted by atomic mass is 19.3. The zero-order valence-corrected chi connectivity index (χ0v) is 9.52. The molecule has 0 spiro atoms. The minimum Gasteiger partial charge on any atom is -0.311 e. The van der Waals surface area contributed by atoms with Gasteiger partial charge in [0.15, 0.2) is 0 Å². The van der Waals surface area contributed by atoms with Gasteiger partial charge in [0.05, 0.1) is 6.54 Å². The first-order valence-corrected chi connectivity index (χ1v) is 5.50. The van der Waals surface area contributed by atoms with Gasteiger partial charge in [-0.15, -0.1) is 0 Å². The molecule has 1 heterocycles. The lowest BCUT2D eigenvalue weighted by atomic mass is 10.1. The van der Waals surface area contributed by atoms with Gasteiger partial charge in [0.1, 0.15) is 0 Å². The van der Waals surface area contributed by atoms with Crippen molar-refractivity contribution in [2.75, 3.05) is 19.6 Å². The molecule has 16 heavy (non-hydrogen) atoms. The van der Waals surface area contributed by atoms with Gasteiger partial charge < -0.3 is 5.32 Å². The van der Waals surface area contributed by atoms with Crippen LogP contribution in [0.15, 0.2) is 0 Å². The summed E-state index contributed by atoms with van der Waals surface area (Å²) in [5.74, 6) is -3.91. The Labute approximate surface area is 93.0 Å². The van der Waals surface area contributed by atoms with Crippen molar-refractivity contribution in [3.8, 4) is 0 Å². The predicted octanol–water partition coefficient (Wildman–Crippen LogP) is 1.96. The smallest absolute Gasteiger partial charge is 0.311 e. The van der Waals surface area contributed by atoms with Crippen LogP contribution in [0.1, 0.15) is 20.3 Å². The monoisotopic (exact) mass is 242 g/mol. The van der Waals surface area contributed by atoms with Crippen LogP contribution in [0.3, 0.4) is 0 Å². The van der Waals surface area contributed by atoms with Crippen molar-refractivity contribution in [2.24, 2.45) is 0 Å². The summed E-state index contributed by atoms with van der Waals surface area (Å²) in [7, 11) is 0. The van der Waals surface area contributed by atoms with Crippen molar-refractivity contribution < 1.29 is 17.6 Å². The summed E-state index contributed by atoms with van der Waals surface area (Å²) in [5, 5.41) is 3.19. The zero-order valence-electron chi connectivity index (χ0n) is 9.52. The molecule has 0 aliphatic carbocycles. The molecule has 0 saturated carbocycles. The Kier molecular flexibility index (Phi) is 4.55. The van der Waals surface area contributed by atoms with Crippen LogP contribution in [0.4, 0.5) is 17.6 Å². The van der Waals surface area contributed by atoms with E-state index in [1.807, 2.05) is 6.92 Å². The number of alkyl halides is 4. The number of hydrogen-bond acceptors (Lipinski definition) is 2. The fourth-order valence-electron chi connectivity index (χ4n) is 1.83. The van der Waals surface area contributed by atoms with E-state index in [-0.39, 0.29) is 12.1 Å². The van der Waals surface area contributed by atoms with E-state index in [1.165, 1.54) is 4.90 Å². The Morgan fingerprint density at radius 2 is 2.06 bits per heavy atom. The lowest BCUT2D eigenvalue weighted by Gasteiger charge is -2.39. The third-order valence-corrected chi connectivity index (χ3v) is 3.01. The number of rotatable bonds is 4. The van der Waals surface area contributed by atoms with E-state index in [1.54, 1.807) is 6.92 Å². The second-order valence-electron chi connectivity index (χ2n) is 4.35. The summed E-state index contributed by atoms with van der Waals surface area (Å²) in [6.07, 6.45) is -2.78. The highest BCUT2D eigenvalue weighted by molar-refractivity contribution is 4.86. The molecule has 1 aliphatic heterocycles. The molecule has 1 saturated heterocycles. The number of halogens is 4. The van der Waals surface area contributed by atoms with Crippen molar-refractivity contribution >= 4 is 0 Å². The van der Waals surface area contributed by atoms with Crippen LogP contribution in [0.25, 0.3) is 0 Å². The van der Waals surface area contributed by atoms with Crippen LogP contribution in [-0.2, 0) is 0 Å². The van der Waals surface area contributed by atoms with Gasteiger partial charge in [-0.3, -0.25) is 4.90 Å². The molecule has 0 bridgehead atoms. The molecule has 96 valence electrons. The van der Waals surface area contributed by atoms with Crippen molar-refractivity contribution in [3.63, 3.8) is 0 Å². The number of piperazine rings is 1. The third kappa shape index (κ3) is 3.31. The quantitative estimate of drug-likeness (QED) is 0.758. The van der Waals surface area contributed by atoms with E-state index < -0.39 is 18.9 Å². The maximum Gasteiger partial charge on any atom is 0.319 e. The summed E-state index contributed by atoms with van der Waals surface area (Å²) in [5.41, 5.74) is 0. The van der Waals surface area contributed by atoms with Gasteiger partial charge in [0.2, 0.25) is 0 Å². The van der Waals surface area contributed by atoms with Gasteiger partial charge >= 0.3 is 12.3 Å². The van der Waals surface area contributed by atoms with Crippen LogP contribution in [0, 0.1) is 0 Å². The SMILES string of the molecule is CCC1CN(CC(F)(F)C(F)F)C(C)CN1. The van der Waals surface area contributed by atoms with Gasteiger partial charge in [0.25, 0.3) is 0 Å². The van der Waals surface area contributed by atoms with Gasteiger partial charge in [-0.2, -0.15) is 8.78 Å². The van der Waals surface area contributed by atoms with Crippen molar-refractivity contribution in [3.05, 3.63) is 0 Å². The Morgan fingerprint density at radius 1 is 1.44 bits per heavy atom. The van der Waals surface area contributed by atoms with Crippen LogP contribution in [-0.4, -0.2) is 49.0 Å². The van der Waals surface area contributed by atoms with Gasteiger partial charge in [-0.05, 0) is 13.3 Å². The van der Waals surface area contributed by atoms with Crippen molar-refractivity contribution in [1.82, 2.24) is 10.2 Å². The van der Waals surface area contributed by atoms with E-state index in [4.69, 9.17) is 0 Å². The maximum atomic E-state index is 12.9. The summed E-state index contributed by atoms with van der Waals surface area (Å²) < 4.78 is 50.0. The fourth-order valence-corrected chi connectivity index (χ4v) is 1.83. The first-order valence-electron chi connectivity index (χ1n) is 5.50. The normalized spacial score (nSPS) is 28.7. The molecule has 0 aromatic heterocycles. The maximum absolute atomic E-state index is 12.9. The first-order chi connectivity index (χ1) is 7.36. The first kappa shape index (κ1) is 13.7. The molecular weight excluding hydrogens is 224 g/mol. The molecule has 1 rings (SSSR count). The van der Waals surface area contributed by atoms with Crippen molar-refractivity contribution in [1.29, 1.82) is 0 Å². The van der Waals surface area contributed by atoms with E-state index in [9.17, 15) is 17.6 Å². The average Bonchev–Trinajstić information content (AvgIpc) is 2.21. The minimum absolute atomic E-state index is 0.115. The molecule has 2 unspecified atom stereocenters. The van der Waals surface area contributed by atoms with E-state index in [2.05, 4.69) is 5.32 Å².